The van der Waals surface area contributed by atoms with Gasteiger partial charge in [-0.1, -0.05) is 54.6 Å². The molecule has 1 aliphatic rings. The third-order valence-electron chi connectivity index (χ3n) is 4.97. The van der Waals surface area contributed by atoms with E-state index >= 15 is 0 Å². The van der Waals surface area contributed by atoms with Crippen molar-refractivity contribution in [3.8, 4) is 17.4 Å². The Kier molecular flexibility index (Phi) is 5.30. The third kappa shape index (κ3) is 3.99. The van der Waals surface area contributed by atoms with Gasteiger partial charge in [-0.3, -0.25) is 4.84 Å². The van der Waals surface area contributed by atoms with E-state index in [1.54, 1.807) is 4.90 Å². The molecule has 4 rings (SSSR count). The van der Waals surface area contributed by atoms with E-state index in [1.165, 1.54) is 6.26 Å². The quantitative estimate of drug-likeness (QED) is 0.536. The fourth-order valence-corrected chi connectivity index (χ4v) is 3.59. The lowest BCUT2D eigenvalue weighted by Gasteiger charge is -2.25. The first-order valence-corrected chi connectivity index (χ1v) is 9.37. The van der Waals surface area contributed by atoms with E-state index in [2.05, 4.69) is 57.7 Å². The molecule has 1 N–H and O–H groups in total. The van der Waals surface area contributed by atoms with Crippen LogP contribution in [0.5, 0.6) is 0 Å². The van der Waals surface area contributed by atoms with E-state index in [1.807, 2.05) is 36.4 Å². The van der Waals surface area contributed by atoms with E-state index in [0.717, 1.165) is 28.1 Å². The maximum atomic E-state index is 12.4. The minimum absolute atomic E-state index is 0.417. The van der Waals surface area contributed by atoms with E-state index < -0.39 is 6.03 Å². The Bertz CT molecular complexity index is 1030. The third-order valence-corrected chi connectivity index (χ3v) is 4.97. The number of carbonyl (C=O) groups excluding carboxylic acids is 1. The van der Waals surface area contributed by atoms with Gasteiger partial charge in [0.25, 0.3) is 0 Å². The molecule has 2 amide bonds. The highest BCUT2D eigenvalue weighted by molar-refractivity contribution is 5.77. The summed E-state index contributed by atoms with van der Waals surface area (Å²) in [6.45, 7) is 1.53. The van der Waals surface area contributed by atoms with Crippen LogP contribution in [0, 0.1) is 11.5 Å². The van der Waals surface area contributed by atoms with Crippen LogP contribution in [0.2, 0.25) is 0 Å². The Morgan fingerprint density at radius 1 is 0.931 bits per heavy atom. The zero-order valence-electron chi connectivity index (χ0n) is 15.8. The van der Waals surface area contributed by atoms with Crippen LogP contribution < -0.4 is 10.4 Å². The molecule has 3 aromatic rings. The zero-order valence-corrected chi connectivity index (χ0v) is 15.8. The van der Waals surface area contributed by atoms with E-state index in [9.17, 15) is 4.79 Å². The van der Waals surface area contributed by atoms with Gasteiger partial charge in [-0.25, -0.2) is 4.79 Å². The number of nitrogens with zero attached hydrogens (tertiary/aromatic N) is 3. The van der Waals surface area contributed by atoms with Crippen LogP contribution in [0.25, 0.3) is 11.1 Å². The lowest BCUT2D eigenvalue weighted by Crippen LogP contribution is -2.40. The maximum Gasteiger partial charge on any atom is 0.351 e. The first kappa shape index (κ1) is 18.4. The molecule has 0 spiro atoms. The van der Waals surface area contributed by atoms with Crippen LogP contribution in [-0.4, -0.2) is 24.0 Å². The first-order chi connectivity index (χ1) is 14.3. The van der Waals surface area contributed by atoms with Crippen molar-refractivity contribution in [3.63, 3.8) is 0 Å². The van der Waals surface area contributed by atoms with E-state index in [-0.39, 0.29) is 0 Å². The van der Waals surface area contributed by atoms with Crippen molar-refractivity contribution in [2.24, 2.45) is 0 Å². The van der Waals surface area contributed by atoms with Gasteiger partial charge < -0.3 is 9.80 Å². The van der Waals surface area contributed by atoms with Crippen LogP contribution in [0.4, 0.5) is 16.2 Å². The number of nitrogens with one attached hydrogen (secondary N) is 1. The van der Waals surface area contributed by atoms with Crippen molar-refractivity contribution in [1.29, 1.82) is 5.26 Å². The highest BCUT2D eigenvalue weighted by Crippen LogP contribution is 2.34. The normalized spacial score (nSPS) is 13.1. The number of fused-ring (bicyclic) bond motifs is 1. The number of para-hydroxylation sites is 1. The molecule has 0 bridgehead atoms. The second kappa shape index (κ2) is 8.36. The minimum atomic E-state index is -0.433. The predicted octanol–water partition coefficient (Wildman–Crippen LogP) is 4.43. The summed E-state index contributed by atoms with van der Waals surface area (Å²) in [5.41, 5.74) is 7.54. The lowest BCUT2D eigenvalue weighted by atomic mass is 10.0. The van der Waals surface area contributed by atoms with Gasteiger partial charge in [0.15, 0.2) is 0 Å². The summed E-state index contributed by atoms with van der Waals surface area (Å²) in [6.07, 6.45) is 1.47. The minimum Gasteiger partial charge on any atom is -0.339 e. The molecule has 144 valence electrons. The molecule has 6 heteroatoms. The van der Waals surface area contributed by atoms with Crippen LogP contribution in [0.15, 0.2) is 78.9 Å². The average Bonchev–Trinajstić information content (AvgIpc) is 2.98. The van der Waals surface area contributed by atoms with Crippen molar-refractivity contribution < 1.29 is 9.63 Å². The van der Waals surface area contributed by atoms with Crippen molar-refractivity contribution in [3.05, 3.63) is 84.4 Å². The van der Waals surface area contributed by atoms with Gasteiger partial charge in [0.05, 0.1) is 0 Å². The molecule has 0 radical (unpaired) electrons. The molecule has 0 fully saturated rings. The molecular weight excluding hydrogens is 364 g/mol. The fraction of sp³-hybridized carbons (Fsp3) is 0.130. The molecule has 0 unspecified atom stereocenters. The Balaban J connectivity index is 1.74. The number of urea groups is 1. The number of anilines is 2. The maximum absolute atomic E-state index is 12.4. The monoisotopic (exact) mass is 384 g/mol. The molecule has 1 aliphatic heterocycles. The summed E-state index contributed by atoms with van der Waals surface area (Å²) >= 11 is 0. The first-order valence-electron chi connectivity index (χ1n) is 9.37. The topological polar surface area (TPSA) is 68.6 Å². The van der Waals surface area contributed by atoms with Crippen LogP contribution in [0.3, 0.4) is 0 Å². The van der Waals surface area contributed by atoms with Crippen molar-refractivity contribution in [1.82, 2.24) is 10.4 Å². The zero-order chi connectivity index (χ0) is 20.1. The molecule has 29 heavy (non-hydrogen) atoms. The number of nitriles is 1. The summed E-state index contributed by atoms with van der Waals surface area (Å²) in [7, 11) is 0. The van der Waals surface area contributed by atoms with Gasteiger partial charge in [-0.2, -0.15) is 5.48 Å². The summed E-state index contributed by atoms with van der Waals surface area (Å²) < 4.78 is 0. The van der Waals surface area contributed by atoms with E-state index in [4.69, 9.17) is 5.26 Å². The standard InChI is InChI=1S/C23H20N4O2/c24-17-29-25-23(28)26-13-14-27(21-9-5-2-6-10-21)22-12-11-19(15-20(22)16-26)18-7-3-1-4-8-18/h1-12,15H,13-14,16H2,(H,25,28). The van der Waals surface area contributed by atoms with E-state index in [0.29, 0.717) is 19.6 Å². The summed E-state index contributed by atoms with van der Waals surface area (Å²) in [4.78, 5) is 20.7. The largest absolute Gasteiger partial charge is 0.351 e. The highest BCUT2D eigenvalue weighted by atomic mass is 16.6. The molecule has 0 saturated heterocycles. The number of hydroxylamine groups is 1. The van der Waals surface area contributed by atoms with Crippen molar-refractivity contribution in [2.45, 2.75) is 6.54 Å². The summed E-state index contributed by atoms with van der Waals surface area (Å²) in [5, 5.41) is 8.57. The molecule has 3 aromatic carbocycles. The number of rotatable bonds is 3. The van der Waals surface area contributed by atoms with Gasteiger partial charge in [-0.05, 0) is 41.0 Å². The second-order valence-corrected chi connectivity index (χ2v) is 6.72. The molecular formula is C23H20N4O2. The Morgan fingerprint density at radius 2 is 1.66 bits per heavy atom. The number of hydrogen-bond acceptors (Lipinski definition) is 4. The fourth-order valence-electron chi connectivity index (χ4n) is 3.59. The molecule has 0 saturated carbocycles. The Labute approximate surface area is 169 Å². The molecule has 0 atom stereocenters. The Hall–Kier alpha value is -3.98. The number of carbonyl (C=O) groups is 1. The number of hydrogen-bond donors (Lipinski definition) is 1. The molecule has 0 aromatic heterocycles. The van der Waals surface area contributed by atoms with Crippen LogP contribution in [0.1, 0.15) is 5.56 Å². The van der Waals surface area contributed by atoms with Crippen molar-refractivity contribution in [2.75, 3.05) is 18.0 Å². The van der Waals surface area contributed by atoms with Gasteiger partial charge in [0, 0.05) is 31.0 Å². The van der Waals surface area contributed by atoms with Gasteiger partial charge in [-0.15, -0.1) is 5.26 Å². The van der Waals surface area contributed by atoms with Gasteiger partial charge in [0.2, 0.25) is 0 Å². The summed E-state index contributed by atoms with van der Waals surface area (Å²) in [6, 6.07) is 26.2. The smallest absolute Gasteiger partial charge is 0.339 e. The number of benzene rings is 3. The van der Waals surface area contributed by atoms with Gasteiger partial charge >= 0.3 is 12.3 Å². The Morgan fingerprint density at radius 3 is 2.38 bits per heavy atom. The average molecular weight is 384 g/mol. The van der Waals surface area contributed by atoms with Crippen LogP contribution >= 0.6 is 0 Å². The predicted molar refractivity (Wildman–Crippen MR) is 111 cm³/mol. The van der Waals surface area contributed by atoms with Crippen LogP contribution in [-0.2, 0) is 11.4 Å². The molecule has 1 heterocycles. The highest BCUT2D eigenvalue weighted by Gasteiger charge is 2.24. The lowest BCUT2D eigenvalue weighted by molar-refractivity contribution is 0.123. The van der Waals surface area contributed by atoms with Crippen molar-refractivity contribution >= 4 is 17.4 Å². The molecule has 0 aliphatic carbocycles. The summed E-state index contributed by atoms with van der Waals surface area (Å²) in [5.74, 6) is 0. The van der Waals surface area contributed by atoms with Gasteiger partial charge in [0.1, 0.15) is 0 Å². The number of amides is 2. The molecule has 6 nitrogen and oxygen atoms in total. The second-order valence-electron chi connectivity index (χ2n) is 6.72. The SMILES string of the molecule is N#CONC(=O)N1CCN(c2ccccc2)c2ccc(-c3ccccc3)cc2C1.